The molecule has 0 fully saturated rings. The molecule has 26 heavy (non-hydrogen) atoms. The van der Waals surface area contributed by atoms with Gasteiger partial charge in [0.25, 0.3) is 11.5 Å². The summed E-state index contributed by atoms with van der Waals surface area (Å²) < 4.78 is 0. The third kappa shape index (κ3) is 3.92. The van der Waals surface area contributed by atoms with E-state index in [2.05, 4.69) is 25.5 Å². The lowest BCUT2D eigenvalue weighted by atomic mass is 10.1. The van der Waals surface area contributed by atoms with Crippen LogP contribution in [-0.2, 0) is 0 Å². The molecule has 1 aromatic carbocycles. The summed E-state index contributed by atoms with van der Waals surface area (Å²) in [5.41, 5.74) is 0.932. The predicted molar refractivity (Wildman–Crippen MR) is 102 cm³/mol. The van der Waals surface area contributed by atoms with Crippen LogP contribution in [0.4, 0.5) is 5.69 Å². The molecule has 2 heterocycles. The number of anilines is 1. The second-order valence-corrected chi connectivity index (χ2v) is 6.76. The number of nitrogens with one attached hydrogen (secondary N) is 2. The van der Waals surface area contributed by atoms with Gasteiger partial charge < -0.3 is 5.32 Å². The van der Waals surface area contributed by atoms with Crippen LogP contribution in [0.5, 0.6) is 0 Å². The molecule has 0 aliphatic rings. The van der Waals surface area contributed by atoms with Crippen LogP contribution in [0.1, 0.15) is 17.3 Å². The molecule has 3 aromatic rings. The Hall–Kier alpha value is -2.71. The lowest BCUT2D eigenvalue weighted by molar-refractivity contribution is 0.102. The number of pyridine rings is 1. The highest BCUT2D eigenvalue weighted by atomic mass is 35.5. The maximum Gasteiger partial charge on any atom is 0.278 e. The number of aromatic amines is 1. The van der Waals surface area contributed by atoms with Crippen molar-refractivity contribution in [1.82, 2.24) is 20.2 Å². The van der Waals surface area contributed by atoms with E-state index in [0.29, 0.717) is 16.4 Å². The van der Waals surface area contributed by atoms with Crippen LogP contribution < -0.4 is 10.9 Å². The Balaban J connectivity index is 1.96. The highest BCUT2D eigenvalue weighted by Crippen LogP contribution is 2.25. The van der Waals surface area contributed by atoms with Gasteiger partial charge in [0, 0.05) is 18.0 Å². The van der Waals surface area contributed by atoms with Crippen LogP contribution in [0.3, 0.4) is 0 Å². The molecule has 0 radical (unpaired) electrons. The maximum atomic E-state index is 12.5. The number of H-pyrrole nitrogens is 1. The zero-order valence-electron chi connectivity index (χ0n) is 13.7. The standard InChI is InChI=1S/C17H14ClN5O2S/c1-2-26-17-21-16(25)14(22-23-17)11-5-3-4-6-13(11)20-15(24)10-7-8-19-9-12(10)18/h3-9H,2H2,1H3,(H,20,24)(H,21,23,25). The molecule has 0 spiro atoms. The van der Waals surface area contributed by atoms with Crippen molar-refractivity contribution < 1.29 is 4.79 Å². The Morgan fingerprint density at radius 2 is 2.08 bits per heavy atom. The maximum absolute atomic E-state index is 12.5. The number of halogens is 1. The van der Waals surface area contributed by atoms with Gasteiger partial charge in [0.1, 0.15) is 0 Å². The quantitative estimate of drug-likeness (QED) is 0.652. The molecule has 2 N–H and O–H groups in total. The van der Waals surface area contributed by atoms with Gasteiger partial charge in [-0.25, -0.2) is 0 Å². The number of rotatable bonds is 5. The van der Waals surface area contributed by atoms with Gasteiger partial charge >= 0.3 is 0 Å². The lowest BCUT2D eigenvalue weighted by Gasteiger charge is -2.10. The van der Waals surface area contributed by atoms with Gasteiger partial charge in [0.2, 0.25) is 0 Å². The molecule has 9 heteroatoms. The van der Waals surface area contributed by atoms with Crippen molar-refractivity contribution in [2.75, 3.05) is 11.1 Å². The fraction of sp³-hybridized carbons (Fsp3) is 0.118. The fourth-order valence-corrected chi connectivity index (χ4v) is 2.99. The van der Waals surface area contributed by atoms with Gasteiger partial charge in [-0.05, 0) is 17.9 Å². The largest absolute Gasteiger partial charge is 0.321 e. The molecule has 7 nitrogen and oxygen atoms in total. The van der Waals surface area contributed by atoms with Gasteiger partial charge in [0.15, 0.2) is 10.9 Å². The van der Waals surface area contributed by atoms with Crippen molar-refractivity contribution in [3.63, 3.8) is 0 Å². The number of nitrogens with zero attached hydrogens (tertiary/aromatic N) is 3. The van der Waals surface area contributed by atoms with Crippen LogP contribution in [0.15, 0.2) is 52.7 Å². The van der Waals surface area contributed by atoms with E-state index in [0.717, 1.165) is 5.75 Å². The number of benzene rings is 1. The zero-order valence-corrected chi connectivity index (χ0v) is 15.3. The molecule has 0 aliphatic heterocycles. The van der Waals surface area contributed by atoms with Crippen molar-refractivity contribution >= 4 is 35.0 Å². The van der Waals surface area contributed by atoms with E-state index >= 15 is 0 Å². The lowest BCUT2D eigenvalue weighted by Crippen LogP contribution is -2.17. The Kier molecular flexibility index (Phi) is 5.65. The molecule has 0 unspecified atom stereocenters. The molecule has 0 saturated heterocycles. The van der Waals surface area contributed by atoms with E-state index in [1.165, 1.54) is 30.2 Å². The molecule has 1 amide bonds. The highest BCUT2D eigenvalue weighted by Gasteiger charge is 2.16. The number of hydrogen-bond acceptors (Lipinski definition) is 6. The van der Waals surface area contributed by atoms with Gasteiger partial charge in [-0.2, -0.15) is 0 Å². The normalized spacial score (nSPS) is 10.5. The van der Waals surface area contributed by atoms with E-state index in [4.69, 9.17) is 11.6 Å². The average molecular weight is 388 g/mol. The van der Waals surface area contributed by atoms with E-state index in [1.807, 2.05) is 6.92 Å². The van der Waals surface area contributed by atoms with Crippen molar-refractivity contribution in [3.05, 3.63) is 63.7 Å². The smallest absolute Gasteiger partial charge is 0.278 e. The van der Waals surface area contributed by atoms with Crippen molar-refractivity contribution in [1.29, 1.82) is 0 Å². The predicted octanol–water partition coefficient (Wildman–Crippen LogP) is 3.24. The number of carbonyl (C=O) groups excluding carboxylic acids is 1. The fourth-order valence-electron chi connectivity index (χ4n) is 2.25. The zero-order chi connectivity index (χ0) is 18.5. The summed E-state index contributed by atoms with van der Waals surface area (Å²) >= 11 is 7.40. The Morgan fingerprint density at radius 3 is 2.81 bits per heavy atom. The summed E-state index contributed by atoms with van der Waals surface area (Å²) in [7, 11) is 0. The molecule has 3 rings (SSSR count). The van der Waals surface area contributed by atoms with Crippen LogP contribution >= 0.6 is 23.4 Å². The summed E-state index contributed by atoms with van der Waals surface area (Å²) in [6.45, 7) is 1.95. The first kappa shape index (κ1) is 18.1. The second kappa shape index (κ2) is 8.11. The minimum absolute atomic E-state index is 0.127. The van der Waals surface area contributed by atoms with E-state index < -0.39 is 5.91 Å². The van der Waals surface area contributed by atoms with Crippen molar-refractivity contribution in [3.8, 4) is 11.3 Å². The van der Waals surface area contributed by atoms with Crippen LogP contribution in [0, 0.1) is 0 Å². The molecular weight excluding hydrogens is 374 g/mol. The number of para-hydroxylation sites is 1. The Morgan fingerprint density at radius 1 is 1.27 bits per heavy atom. The van der Waals surface area contributed by atoms with Gasteiger partial charge in [0.05, 0.1) is 16.3 Å². The molecule has 0 saturated carbocycles. The van der Waals surface area contributed by atoms with Crippen molar-refractivity contribution in [2.24, 2.45) is 0 Å². The van der Waals surface area contributed by atoms with Crippen LogP contribution in [-0.4, -0.2) is 31.8 Å². The molecule has 0 aliphatic carbocycles. The number of carbonyl (C=O) groups is 1. The van der Waals surface area contributed by atoms with Gasteiger partial charge in [-0.1, -0.05) is 48.5 Å². The first-order chi connectivity index (χ1) is 12.6. The Bertz CT molecular complexity index is 1010. The summed E-state index contributed by atoms with van der Waals surface area (Å²) in [4.78, 5) is 31.4. The number of aromatic nitrogens is 4. The second-order valence-electron chi connectivity index (χ2n) is 5.10. The van der Waals surface area contributed by atoms with E-state index in [-0.39, 0.29) is 21.8 Å². The number of amides is 1. The summed E-state index contributed by atoms with van der Waals surface area (Å²) in [5.74, 6) is 0.357. The third-order valence-electron chi connectivity index (χ3n) is 3.40. The van der Waals surface area contributed by atoms with Crippen LogP contribution in [0.25, 0.3) is 11.3 Å². The molecule has 132 valence electrons. The van der Waals surface area contributed by atoms with Crippen LogP contribution in [0.2, 0.25) is 5.02 Å². The summed E-state index contributed by atoms with van der Waals surface area (Å²) in [6.07, 6.45) is 2.87. The molecule has 2 aromatic heterocycles. The molecule has 0 bridgehead atoms. The average Bonchev–Trinajstić information content (AvgIpc) is 2.63. The minimum atomic E-state index is -0.410. The number of hydrogen-bond donors (Lipinski definition) is 2. The van der Waals surface area contributed by atoms with Gasteiger partial charge in [-0.3, -0.25) is 19.6 Å². The van der Waals surface area contributed by atoms with Gasteiger partial charge in [-0.15, -0.1) is 10.2 Å². The molecule has 0 atom stereocenters. The SMILES string of the molecule is CCSc1nnc(-c2ccccc2NC(=O)c2ccncc2Cl)c(=O)[nH]1. The monoisotopic (exact) mass is 387 g/mol. The summed E-state index contributed by atoms with van der Waals surface area (Å²) in [5, 5.41) is 11.5. The number of thioether (sulfide) groups is 1. The summed E-state index contributed by atoms with van der Waals surface area (Å²) in [6, 6.07) is 8.38. The Labute approximate surface area is 158 Å². The highest BCUT2D eigenvalue weighted by molar-refractivity contribution is 7.99. The first-order valence-corrected chi connectivity index (χ1v) is 9.06. The third-order valence-corrected chi connectivity index (χ3v) is 4.45. The van der Waals surface area contributed by atoms with Crippen molar-refractivity contribution in [2.45, 2.75) is 12.1 Å². The topological polar surface area (TPSA) is 101 Å². The minimum Gasteiger partial charge on any atom is -0.321 e. The first-order valence-electron chi connectivity index (χ1n) is 7.70. The molecular formula is C17H14ClN5O2S. The van der Waals surface area contributed by atoms with E-state index in [9.17, 15) is 9.59 Å². The van der Waals surface area contributed by atoms with E-state index in [1.54, 1.807) is 24.3 Å².